The zero-order valence-electron chi connectivity index (χ0n) is 17.2. The molecule has 0 saturated carbocycles. The third kappa shape index (κ3) is 4.81. The molecule has 1 N–H and O–H groups in total. The van der Waals surface area contributed by atoms with Gasteiger partial charge in [-0.1, -0.05) is 43.7 Å². The molecule has 0 spiro atoms. The second kappa shape index (κ2) is 8.99. The number of nitrogens with zero attached hydrogens (tertiary/aromatic N) is 1. The first-order chi connectivity index (χ1) is 13.8. The molecule has 4 nitrogen and oxygen atoms in total. The molecule has 3 unspecified atom stereocenters. The maximum absolute atomic E-state index is 13.8. The van der Waals surface area contributed by atoms with Gasteiger partial charge in [-0.15, -0.1) is 11.8 Å². The molecule has 1 saturated heterocycles. The summed E-state index contributed by atoms with van der Waals surface area (Å²) < 4.78 is 13.8. The zero-order valence-corrected chi connectivity index (χ0v) is 18.0. The molecule has 3 rings (SSSR count). The number of rotatable bonds is 5. The molecule has 0 radical (unpaired) electrons. The number of hydrogen-bond acceptors (Lipinski definition) is 3. The number of carbonyl (C=O) groups is 2. The van der Waals surface area contributed by atoms with E-state index in [1.54, 1.807) is 29.2 Å². The fraction of sp³-hybridized carbons (Fsp3) is 0.391. The van der Waals surface area contributed by atoms with Gasteiger partial charge in [0.05, 0.1) is 0 Å². The van der Waals surface area contributed by atoms with Crippen LogP contribution in [-0.4, -0.2) is 34.6 Å². The van der Waals surface area contributed by atoms with Crippen molar-refractivity contribution in [1.29, 1.82) is 0 Å². The SMILES string of the molecule is Cc1ccc(C(=O)N2C(C(=O)NC(C)C(C)C)CSC2c2cccc(F)c2)cc1. The van der Waals surface area contributed by atoms with Gasteiger partial charge in [-0.05, 0) is 49.6 Å². The molecule has 3 atom stereocenters. The number of benzene rings is 2. The van der Waals surface area contributed by atoms with Gasteiger partial charge in [0.2, 0.25) is 5.91 Å². The summed E-state index contributed by atoms with van der Waals surface area (Å²) in [6.45, 7) is 8.00. The van der Waals surface area contributed by atoms with Crippen LogP contribution in [0, 0.1) is 18.7 Å². The summed E-state index contributed by atoms with van der Waals surface area (Å²) in [4.78, 5) is 28.0. The van der Waals surface area contributed by atoms with Crippen LogP contribution in [0.15, 0.2) is 48.5 Å². The van der Waals surface area contributed by atoms with Crippen molar-refractivity contribution >= 4 is 23.6 Å². The molecule has 6 heteroatoms. The molecule has 0 aromatic heterocycles. The highest BCUT2D eigenvalue weighted by Crippen LogP contribution is 2.42. The van der Waals surface area contributed by atoms with Crippen molar-refractivity contribution in [3.05, 3.63) is 71.0 Å². The number of amides is 2. The standard InChI is InChI=1S/C23H27FN2O2S/c1-14(2)16(4)25-21(27)20-13-29-23(18-6-5-7-19(24)12-18)26(20)22(28)17-10-8-15(3)9-11-17/h5-12,14,16,20,23H,13H2,1-4H3,(H,25,27). The monoisotopic (exact) mass is 414 g/mol. The lowest BCUT2D eigenvalue weighted by Crippen LogP contribution is -2.50. The van der Waals surface area contributed by atoms with E-state index in [0.717, 1.165) is 5.56 Å². The minimum absolute atomic E-state index is 0.00273. The van der Waals surface area contributed by atoms with E-state index in [-0.39, 0.29) is 29.6 Å². The predicted octanol–water partition coefficient (Wildman–Crippen LogP) is 4.55. The molecule has 2 aromatic rings. The van der Waals surface area contributed by atoms with Gasteiger partial charge in [-0.3, -0.25) is 9.59 Å². The molecule has 1 heterocycles. The Morgan fingerprint density at radius 3 is 2.45 bits per heavy atom. The summed E-state index contributed by atoms with van der Waals surface area (Å²) in [5.41, 5.74) is 2.26. The number of nitrogens with one attached hydrogen (secondary N) is 1. The Bertz CT molecular complexity index is 885. The number of thioether (sulfide) groups is 1. The van der Waals surface area contributed by atoms with E-state index in [9.17, 15) is 14.0 Å². The Morgan fingerprint density at radius 2 is 1.83 bits per heavy atom. The normalized spacial score (nSPS) is 20.0. The largest absolute Gasteiger partial charge is 0.352 e. The van der Waals surface area contributed by atoms with E-state index in [1.165, 1.54) is 23.9 Å². The Labute approximate surface area is 175 Å². The Balaban J connectivity index is 1.94. The average Bonchev–Trinajstić information content (AvgIpc) is 3.13. The average molecular weight is 415 g/mol. The van der Waals surface area contributed by atoms with E-state index in [2.05, 4.69) is 5.32 Å². The number of aryl methyl sites for hydroxylation is 1. The third-order valence-electron chi connectivity index (χ3n) is 5.34. The van der Waals surface area contributed by atoms with Gasteiger partial charge in [0.25, 0.3) is 5.91 Å². The van der Waals surface area contributed by atoms with Crippen LogP contribution < -0.4 is 5.32 Å². The topological polar surface area (TPSA) is 49.4 Å². The van der Waals surface area contributed by atoms with Gasteiger partial charge in [-0.25, -0.2) is 4.39 Å². The zero-order chi connectivity index (χ0) is 21.1. The van der Waals surface area contributed by atoms with Crippen molar-refractivity contribution in [3.8, 4) is 0 Å². The second-order valence-electron chi connectivity index (χ2n) is 7.88. The minimum atomic E-state index is -0.608. The van der Waals surface area contributed by atoms with Gasteiger partial charge in [0.15, 0.2) is 0 Å². The number of carbonyl (C=O) groups excluding carboxylic acids is 2. The summed E-state index contributed by atoms with van der Waals surface area (Å²) in [6.07, 6.45) is 0. The number of hydrogen-bond donors (Lipinski definition) is 1. The fourth-order valence-electron chi connectivity index (χ4n) is 3.21. The molecule has 2 amide bonds. The van der Waals surface area contributed by atoms with E-state index < -0.39 is 11.4 Å². The molecule has 154 valence electrons. The van der Waals surface area contributed by atoms with Crippen LogP contribution >= 0.6 is 11.8 Å². The van der Waals surface area contributed by atoms with Gasteiger partial charge in [0.1, 0.15) is 17.2 Å². The van der Waals surface area contributed by atoms with E-state index in [4.69, 9.17) is 0 Å². The van der Waals surface area contributed by atoms with Crippen molar-refractivity contribution in [2.75, 3.05) is 5.75 Å². The third-order valence-corrected chi connectivity index (χ3v) is 6.66. The summed E-state index contributed by atoms with van der Waals surface area (Å²) in [5, 5.41) is 2.62. The Kier molecular flexibility index (Phi) is 6.63. The Hall–Kier alpha value is -2.34. The minimum Gasteiger partial charge on any atom is -0.352 e. The van der Waals surface area contributed by atoms with Crippen molar-refractivity contribution in [1.82, 2.24) is 10.2 Å². The lowest BCUT2D eigenvalue weighted by atomic mass is 10.1. The molecule has 2 aromatic carbocycles. The van der Waals surface area contributed by atoms with Crippen LogP contribution in [0.2, 0.25) is 0 Å². The quantitative estimate of drug-likeness (QED) is 0.781. The molecule has 0 aliphatic carbocycles. The van der Waals surface area contributed by atoms with Crippen molar-refractivity contribution in [2.24, 2.45) is 5.92 Å². The van der Waals surface area contributed by atoms with Gasteiger partial charge >= 0.3 is 0 Å². The van der Waals surface area contributed by atoms with Crippen LogP contribution in [0.5, 0.6) is 0 Å². The van der Waals surface area contributed by atoms with Crippen molar-refractivity contribution in [3.63, 3.8) is 0 Å². The van der Waals surface area contributed by atoms with Crippen LogP contribution in [-0.2, 0) is 4.79 Å². The van der Waals surface area contributed by atoms with Gasteiger partial charge in [-0.2, -0.15) is 0 Å². The van der Waals surface area contributed by atoms with Crippen LogP contribution in [0.25, 0.3) is 0 Å². The van der Waals surface area contributed by atoms with Crippen LogP contribution in [0.1, 0.15) is 47.6 Å². The first-order valence-corrected chi connectivity index (χ1v) is 10.9. The smallest absolute Gasteiger partial charge is 0.255 e. The molecule has 1 aliphatic rings. The van der Waals surface area contributed by atoms with Crippen LogP contribution in [0.3, 0.4) is 0 Å². The fourth-order valence-corrected chi connectivity index (χ4v) is 4.62. The predicted molar refractivity (Wildman–Crippen MR) is 115 cm³/mol. The van der Waals surface area contributed by atoms with Crippen molar-refractivity contribution < 1.29 is 14.0 Å². The van der Waals surface area contributed by atoms with Crippen molar-refractivity contribution in [2.45, 2.75) is 45.2 Å². The van der Waals surface area contributed by atoms with Crippen LogP contribution in [0.4, 0.5) is 4.39 Å². The highest BCUT2D eigenvalue weighted by molar-refractivity contribution is 7.99. The summed E-state index contributed by atoms with van der Waals surface area (Å²) in [5.74, 6) is 0.00946. The number of halogens is 1. The first kappa shape index (κ1) is 21.4. The molecule has 29 heavy (non-hydrogen) atoms. The highest BCUT2D eigenvalue weighted by atomic mass is 32.2. The molecule has 0 bridgehead atoms. The molecule has 1 fully saturated rings. The highest BCUT2D eigenvalue weighted by Gasteiger charge is 2.43. The Morgan fingerprint density at radius 1 is 1.14 bits per heavy atom. The van der Waals surface area contributed by atoms with E-state index >= 15 is 0 Å². The summed E-state index contributed by atoms with van der Waals surface area (Å²) in [6, 6.07) is 12.9. The maximum Gasteiger partial charge on any atom is 0.255 e. The lowest BCUT2D eigenvalue weighted by molar-refractivity contribution is -0.125. The van der Waals surface area contributed by atoms with Gasteiger partial charge in [0, 0.05) is 17.4 Å². The molecule has 1 aliphatic heterocycles. The lowest BCUT2D eigenvalue weighted by Gasteiger charge is -2.30. The second-order valence-corrected chi connectivity index (χ2v) is 8.99. The van der Waals surface area contributed by atoms with Gasteiger partial charge < -0.3 is 10.2 Å². The summed E-state index contributed by atoms with van der Waals surface area (Å²) >= 11 is 1.49. The first-order valence-electron chi connectivity index (χ1n) is 9.84. The molecular formula is C23H27FN2O2S. The maximum atomic E-state index is 13.8. The van der Waals surface area contributed by atoms with E-state index in [1.807, 2.05) is 39.8 Å². The van der Waals surface area contributed by atoms with E-state index in [0.29, 0.717) is 16.9 Å². The summed E-state index contributed by atoms with van der Waals surface area (Å²) in [7, 11) is 0. The molecular weight excluding hydrogens is 387 g/mol.